The molecule has 1 aromatic carbocycles. The molecule has 3 amide bonds. The largest absolute Gasteiger partial charge is 0.370 e. The van der Waals surface area contributed by atoms with Crippen molar-refractivity contribution in [2.24, 2.45) is 16.5 Å². The third-order valence-electron chi connectivity index (χ3n) is 5.53. The summed E-state index contributed by atoms with van der Waals surface area (Å²) >= 11 is 0. The Morgan fingerprint density at radius 3 is 2.54 bits per heavy atom. The maximum Gasteiger partial charge on any atom is 0.253 e. The smallest absolute Gasteiger partial charge is 0.253 e. The van der Waals surface area contributed by atoms with Crippen LogP contribution in [-0.4, -0.2) is 71.6 Å². The van der Waals surface area contributed by atoms with Gasteiger partial charge in [-0.15, -0.1) is 0 Å². The molecule has 1 aliphatic rings. The summed E-state index contributed by atoms with van der Waals surface area (Å²) < 4.78 is 0. The molecule has 0 aliphatic carbocycles. The Morgan fingerprint density at radius 2 is 1.95 bits per heavy atom. The molecule has 3 rings (SSSR count). The van der Waals surface area contributed by atoms with Crippen LogP contribution in [0.2, 0.25) is 0 Å². The van der Waals surface area contributed by atoms with Gasteiger partial charge >= 0.3 is 0 Å². The average molecular weight is 510 g/mol. The van der Waals surface area contributed by atoms with Crippen molar-refractivity contribution in [3.8, 4) is 0 Å². The van der Waals surface area contributed by atoms with Crippen LogP contribution in [0.1, 0.15) is 42.1 Å². The highest BCUT2D eigenvalue weighted by Crippen LogP contribution is 2.20. The van der Waals surface area contributed by atoms with Crippen LogP contribution in [0.5, 0.6) is 0 Å². The van der Waals surface area contributed by atoms with Crippen molar-refractivity contribution in [2.75, 3.05) is 19.6 Å². The number of guanidine groups is 1. The van der Waals surface area contributed by atoms with Gasteiger partial charge in [0.15, 0.2) is 5.96 Å². The van der Waals surface area contributed by atoms with Crippen molar-refractivity contribution in [1.82, 2.24) is 20.5 Å². The van der Waals surface area contributed by atoms with Crippen LogP contribution in [-0.2, 0) is 20.8 Å². The highest BCUT2D eigenvalue weighted by molar-refractivity contribution is 5.98. The summed E-state index contributed by atoms with van der Waals surface area (Å²) in [4.78, 5) is 58.1. The van der Waals surface area contributed by atoms with Crippen molar-refractivity contribution in [1.29, 1.82) is 0 Å². The van der Waals surface area contributed by atoms with E-state index in [1.54, 1.807) is 18.3 Å². The fraction of sp³-hybridized carbons (Fsp3) is 0.385. The second kappa shape index (κ2) is 15.7. The van der Waals surface area contributed by atoms with Gasteiger partial charge in [0.2, 0.25) is 11.8 Å². The van der Waals surface area contributed by atoms with Gasteiger partial charge in [0, 0.05) is 31.9 Å². The first-order valence-electron chi connectivity index (χ1n) is 12.2. The van der Waals surface area contributed by atoms with Crippen LogP contribution >= 0.6 is 0 Å². The van der Waals surface area contributed by atoms with Crippen LogP contribution in [0, 0.1) is 0 Å². The average Bonchev–Trinajstić information content (AvgIpc) is 3.41. The van der Waals surface area contributed by atoms with Gasteiger partial charge in [-0.3, -0.25) is 24.4 Å². The Kier molecular flexibility index (Phi) is 12.3. The zero-order valence-corrected chi connectivity index (χ0v) is 21.0. The third-order valence-corrected chi connectivity index (χ3v) is 5.53. The van der Waals surface area contributed by atoms with Gasteiger partial charge in [0.25, 0.3) is 5.91 Å². The molecule has 0 saturated carbocycles. The number of amides is 3. The zero-order valence-electron chi connectivity index (χ0n) is 21.0. The van der Waals surface area contributed by atoms with Gasteiger partial charge < -0.3 is 31.8 Å². The Bertz CT molecular complexity index is 1040. The van der Waals surface area contributed by atoms with Crippen molar-refractivity contribution in [2.45, 2.75) is 44.7 Å². The van der Waals surface area contributed by atoms with Crippen molar-refractivity contribution < 1.29 is 19.2 Å². The lowest BCUT2D eigenvalue weighted by Crippen LogP contribution is -2.54. The first kappa shape index (κ1) is 29.0. The van der Waals surface area contributed by atoms with E-state index < -0.39 is 18.0 Å². The number of hydrogen-bond donors (Lipinski definition) is 4. The number of hydrogen-bond acceptors (Lipinski definition) is 6. The quantitative estimate of drug-likeness (QED) is 0.204. The van der Waals surface area contributed by atoms with Crippen LogP contribution < -0.4 is 22.1 Å². The molecule has 198 valence electrons. The number of rotatable bonds is 10. The molecule has 2 heterocycles. The standard InChI is InChI=1S/C22H24N4O4.C4H11N3/c27-13-11-24-21(29)19-9-5-12-26(19)22(30)18(14-16-6-2-1-3-7-16)25-20(28)17-8-4-10-23-15-17;1-2-3-7-4(5)6/h1-4,6-8,10,13,15,18-19H,5,9,11-12,14H2,(H,24,29)(H,25,28);2-3H2,1H3,(H4,5,6,7)/t18-,19+;/m1./s1. The summed E-state index contributed by atoms with van der Waals surface area (Å²) in [7, 11) is 0. The predicted octanol–water partition coefficient (Wildman–Crippen LogP) is 0.399. The molecule has 1 saturated heterocycles. The van der Waals surface area contributed by atoms with E-state index in [2.05, 4.69) is 20.6 Å². The van der Waals surface area contributed by atoms with Crippen LogP contribution in [0.4, 0.5) is 0 Å². The van der Waals surface area contributed by atoms with Crippen molar-refractivity contribution in [3.63, 3.8) is 0 Å². The number of nitrogens with zero attached hydrogens (tertiary/aromatic N) is 3. The van der Waals surface area contributed by atoms with Gasteiger partial charge in [0.1, 0.15) is 18.4 Å². The normalized spacial score (nSPS) is 14.9. The zero-order chi connectivity index (χ0) is 27.0. The maximum absolute atomic E-state index is 13.4. The van der Waals surface area contributed by atoms with E-state index in [0.29, 0.717) is 37.7 Å². The second-order valence-corrected chi connectivity index (χ2v) is 8.37. The SMILES string of the molecule is CCCN=C(N)N.O=CCNC(=O)[C@@H]1CCCN1C(=O)[C@@H](Cc1ccccc1)NC(=O)c1cccnc1. The molecule has 0 spiro atoms. The minimum atomic E-state index is -0.834. The van der Waals surface area contributed by atoms with Crippen molar-refractivity contribution >= 4 is 30.0 Å². The Labute approximate surface area is 216 Å². The molecular weight excluding hydrogens is 474 g/mol. The first-order chi connectivity index (χ1) is 17.9. The predicted molar refractivity (Wildman–Crippen MR) is 140 cm³/mol. The molecule has 1 aromatic heterocycles. The number of aromatic nitrogens is 1. The number of carbonyl (C=O) groups excluding carboxylic acids is 4. The lowest BCUT2D eigenvalue weighted by Gasteiger charge is -2.28. The number of likely N-dealkylation sites (tertiary alicyclic amines) is 1. The lowest BCUT2D eigenvalue weighted by atomic mass is 10.0. The van der Waals surface area contributed by atoms with E-state index in [1.165, 1.54) is 11.1 Å². The minimum absolute atomic E-state index is 0.0947. The summed E-state index contributed by atoms with van der Waals surface area (Å²) in [6, 6.07) is 11.2. The van der Waals surface area contributed by atoms with E-state index in [-0.39, 0.29) is 24.3 Å². The van der Waals surface area contributed by atoms with Gasteiger partial charge in [0.05, 0.1) is 12.1 Å². The second-order valence-electron chi connectivity index (χ2n) is 8.37. The molecule has 6 N–H and O–H groups in total. The fourth-order valence-corrected chi connectivity index (χ4v) is 3.79. The number of pyridine rings is 1. The van der Waals surface area contributed by atoms with E-state index >= 15 is 0 Å². The monoisotopic (exact) mass is 509 g/mol. The molecule has 0 unspecified atom stereocenters. The third kappa shape index (κ3) is 9.71. The molecular formula is C26H35N7O4. The maximum atomic E-state index is 13.4. The van der Waals surface area contributed by atoms with Gasteiger partial charge in [-0.2, -0.15) is 0 Å². The van der Waals surface area contributed by atoms with E-state index in [9.17, 15) is 19.2 Å². The highest BCUT2D eigenvalue weighted by Gasteiger charge is 2.37. The molecule has 1 aliphatic heterocycles. The molecule has 0 radical (unpaired) electrons. The van der Waals surface area contributed by atoms with Gasteiger partial charge in [-0.05, 0) is 37.0 Å². The van der Waals surface area contributed by atoms with Crippen molar-refractivity contribution in [3.05, 3.63) is 66.0 Å². The summed E-state index contributed by atoms with van der Waals surface area (Å²) in [5.41, 5.74) is 11.3. The number of nitrogens with two attached hydrogens (primary N) is 2. The first-order valence-corrected chi connectivity index (χ1v) is 12.2. The Morgan fingerprint density at radius 1 is 1.19 bits per heavy atom. The van der Waals surface area contributed by atoms with E-state index in [4.69, 9.17) is 11.5 Å². The van der Waals surface area contributed by atoms with Gasteiger partial charge in [-0.25, -0.2) is 0 Å². The molecule has 2 atom stereocenters. The van der Waals surface area contributed by atoms with E-state index in [1.807, 2.05) is 37.3 Å². The Hall–Kier alpha value is -4.28. The minimum Gasteiger partial charge on any atom is -0.370 e. The van der Waals surface area contributed by atoms with Crippen LogP contribution in [0.25, 0.3) is 0 Å². The topological polar surface area (TPSA) is 173 Å². The number of nitrogens with one attached hydrogen (secondary N) is 2. The number of benzene rings is 1. The molecule has 11 heteroatoms. The fourth-order valence-electron chi connectivity index (χ4n) is 3.79. The molecule has 0 bridgehead atoms. The molecule has 37 heavy (non-hydrogen) atoms. The molecule has 11 nitrogen and oxygen atoms in total. The summed E-state index contributed by atoms with van der Waals surface area (Å²) in [6.07, 6.45) is 6.10. The summed E-state index contributed by atoms with van der Waals surface area (Å²) in [5, 5.41) is 5.32. The highest BCUT2D eigenvalue weighted by atomic mass is 16.2. The lowest BCUT2D eigenvalue weighted by molar-refractivity contribution is -0.139. The van der Waals surface area contributed by atoms with Gasteiger partial charge in [-0.1, -0.05) is 37.3 Å². The number of aldehydes is 1. The van der Waals surface area contributed by atoms with Crippen LogP contribution in [0.3, 0.4) is 0 Å². The summed E-state index contributed by atoms with van der Waals surface area (Å²) in [6.45, 7) is 3.09. The van der Waals surface area contributed by atoms with E-state index in [0.717, 1.165) is 18.5 Å². The summed E-state index contributed by atoms with van der Waals surface area (Å²) in [5.74, 6) is -0.898. The molecule has 1 fully saturated rings. The molecule has 2 aromatic rings. The Balaban J connectivity index is 0.000000604. The number of aliphatic imine (C=N–C) groups is 1. The number of carbonyl (C=O) groups is 4. The van der Waals surface area contributed by atoms with Crippen LogP contribution in [0.15, 0.2) is 59.9 Å².